The molecule has 1 saturated heterocycles. The second kappa shape index (κ2) is 7.59. The van der Waals surface area contributed by atoms with E-state index in [0.29, 0.717) is 17.8 Å². The molecule has 1 N–H and O–H groups in total. The van der Waals surface area contributed by atoms with Gasteiger partial charge in [-0.05, 0) is 32.9 Å². The van der Waals surface area contributed by atoms with E-state index < -0.39 is 23.4 Å². The van der Waals surface area contributed by atoms with Crippen LogP contribution in [-0.2, 0) is 25.7 Å². The summed E-state index contributed by atoms with van der Waals surface area (Å²) in [6.07, 6.45) is 3.25. The fourth-order valence-electron chi connectivity index (χ4n) is 2.95. The number of pyridine rings is 1. The van der Waals surface area contributed by atoms with Crippen molar-refractivity contribution in [2.45, 2.75) is 33.4 Å². The number of methoxy groups -OCH3 is 1. The molecule has 1 unspecified atom stereocenters. The van der Waals surface area contributed by atoms with E-state index in [9.17, 15) is 14.4 Å². The van der Waals surface area contributed by atoms with Gasteiger partial charge in [0.05, 0.1) is 36.8 Å². The maximum atomic E-state index is 12.5. The van der Waals surface area contributed by atoms with Crippen LogP contribution in [0.15, 0.2) is 24.5 Å². The number of amides is 1. The third-order valence-electron chi connectivity index (χ3n) is 4.53. The normalized spacial score (nSPS) is 17.6. The smallest absolute Gasteiger partial charge is 0.338 e. The van der Waals surface area contributed by atoms with Crippen LogP contribution in [0.5, 0.6) is 0 Å². The summed E-state index contributed by atoms with van der Waals surface area (Å²) in [5, 5.41) is 3.68. The minimum Gasteiger partial charge on any atom is -0.467 e. The van der Waals surface area contributed by atoms with Crippen molar-refractivity contribution >= 4 is 28.7 Å². The van der Waals surface area contributed by atoms with Crippen LogP contribution < -0.4 is 10.2 Å². The quantitative estimate of drug-likeness (QED) is 0.762. The molecule has 0 radical (unpaired) electrons. The zero-order valence-corrected chi connectivity index (χ0v) is 16.4. The minimum absolute atomic E-state index is 0.0897. The summed E-state index contributed by atoms with van der Waals surface area (Å²) in [6, 6.07) is 2.77. The molecule has 9 heteroatoms. The molecule has 0 saturated carbocycles. The van der Waals surface area contributed by atoms with Crippen LogP contribution in [0.3, 0.4) is 0 Å². The van der Waals surface area contributed by atoms with Crippen LogP contribution in [0.25, 0.3) is 10.9 Å². The molecule has 2 aromatic rings. The molecule has 28 heavy (non-hydrogen) atoms. The Labute approximate surface area is 162 Å². The predicted octanol–water partition coefficient (Wildman–Crippen LogP) is 0.511. The summed E-state index contributed by atoms with van der Waals surface area (Å²) < 4.78 is 6.24. The third-order valence-corrected chi connectivity index (χ3v) is 4.53. The largest absolute Gasteiger partial charge is 0.467 e. The standard InChI is InChI=1S/C19H24N4O5/c1-19(2,3)18(26)28-23-13(7-12-8-20-6-5-14(12)23)11-22-15(17(25)27-4)9-21-10-16(22)24/h5-8,15,21H,9-11H2,1-4H3. The maximum absolute atomic E-state index is 12.5. The van der Waals surface area contributed by atoms with Crippen molar-refractivity contribution in [2.24, 2.45) is 5.41 Å². The molecule has 9 nitrogen and oxygen atoms in total. The number of carbonyl (C=O) groups is 3. The third kappa shape index (κ3) is 3.84. The monoisotopic (exact) mass is 388 g/mol. The topological polar surface area (TPSA) is 103 Å². The number of esters is 1. The van der Waals surface area contributed by atoms with Crippen LogP contribution in [0.4, 0.5) is 0 Å². The summed E-state index contributed by atoms with van der Waals surface area (Å²) in [5.74, 6) is -1.16. The lowest BCUT2D eigenvalue weighted by Gasteiger charge is -2.34. The SMILES string of the molecule is COC(=O)C1CNCC(=O)N1Cc1cc2cnccc2n1OC(=O)C(C)(C)C. The van der Waals surface area contributed by atoms with Gasteiger partial charge in [-0.25, -0.2) is 9.59 Å². The lowest BCUT2D eigenvalue weighted by atomic mass is 9.98. The van der Waals surface area contributed by atoms with E-state index in [0.717, 1.165) is 5.39 Å². The molecule has 1 aliphatic rings. The predicted molar refractivity (Wildman–Crippen MR) is 100.0 cm³/mol. The molecule has 1 aliphatic heterocycles. The van der Waals surface area contributed by atoms with Gasteiger partial charge in [-0.2, -0.15) is 4.73 Å². The molecule has 1 fully saturated rings. The second-order valence-corrected chi connectivity index (χ2v) is 7.68. The second-order valence-electron chi connectivity index (χ2n) is 7.68. The molecular weight excluding hydrogens is 364 g/mol. The number of nitrogens with one attached hydrogen (secondary N) is 1. The summed E-state index contributed by atoms with van der Waals surface area (Å²) in [6.45, 7) is 5.78. The number of carbonyl (C=O) groups excluding carboxylic acids is 3. The van der Waals surface area contributed by atoms with Crippen LogP contribution >= 0.6 is 0 Å². The van der Waals surface area contributed by atoms with Gasteiger partial charge >= 0.3 is 11.9 Å². The van der Waals surface area contributed by atoms with Crippen molar-refractivity contribution in [1.82, 2.24) is 19.9 Å². The number of ether oxygens (including phenoxy) is 1. The van der Waals surface area contributed by atoms with Gasteiger partial charge in [0.1, 0.15) is 6.04 Å². The summed E-state index contributed by atoms with van der Waals surface area (Å²) in [7, 11) is 1.29. The Bertz CT molecular complexity index is 915. The van der Waals surface area contributed by atoms with Crippen molar-refractivity contribution in [1.29, 1.82) is 0 Å². The van der Waals surface area contributed by atoms with E-state index in [1.165, 1.54) is 16.7 Å². The highest BCUT2D eigenvalue weighted by atomic mass is 16.7. The van der Waals surface area contributed by atoms with Gasteiger partial charge in [0.15, 0.2) is 0 Å². The number of nitrogens with zero attached hydrogens (tertiary/aromatic N) is 3. The van der Waals surface area contributed by atoms with Crippen molar-refractivity contribution in [2.75, 3.05) is 20.2 Å². The Hall–Kier alpha value is -2.94. The number of fused-ring (bicyclic) bond motifs is 1. The molecule has 150 valence electrons. The zero-order chi connectivity index (χ0) is 20.5. The molecule has 3 heterocycles. The molecular formula is C19H24N4O5. The van der Waals surface area contributed by atoms with Crippen molar-refractivity contribution in [3.8, 4) is 0 Å². The van der Waals surface area contributed by atoms with Gasteiger partial charge in [0.2, 0.25) is 5.91 Å². The summed E-state index contributed by atoms with van der Waals surface area (Å²) >= 11 is 0. The molecule has 0 aliphatic carbocycles. The fourth-order valence-corrected chi connectivity index (χ4v) is 2.95. The van der Waals surface area contributed by atoms with E-state index in [4.69, 9.17) is 9.57 Å². The average molecular weight is 388 g/mol. The van der Waals surface area contributed by atoms with Crippen LogP contribution in [0, 0.1) is 5.41 Å². The summed E-state index contributed by atoms with van der Waals surface area (Å²) in [4.78, 5) is 48.2. The van der Waals surface area contributed by atoms with Crippen LogP contribution in [-0.4, -0.2) is 58.7 Å². The van der Waals surface area contributed by atoms with E-state index in [-0.39, 0.29) is 19.0 Å². The van der Waals surface area contributed by atoms with E-state index >= 15 is 0 Å². The highest BCUT2D eigenvalue weighted by Gasteiger charge is 2.35. The molecule has 0 bridgehead atoms. The molecule has 0 spiro atoms. The molecule has 1 amide bonds. The van der Waals surface area contributed by atoms with Crippen LogP contribution in [0.1, 0.15) is 26.5 Å². The van der Waals surface area contributed by atoms with Gasteiger partial charge in [-0.15, -0.1) is 0 Å². The molecule has 3 rings (SSSR count). The first-order chi connectivity index (χ1) is 13.2. The lowest BCUT2D eigenvalue weighted by molar-refractivity contribution is -0.156. The number of hydrogen-bond donors (Lipinski definition) is 1. The van der Waals surface area contributed by atoms with Gasteiger partial charge < -0.3 is 19.8 Å². The molecule has 1 atom stereocenters. The lowest BCUT2D eigenvalue weighted by Crippen LogP contribution is -2.58. The highest BCUT2D eigenvalue weighted by molar-refractivity contribution is 5.87. The van der Waals surface area contributed by atoms with Crippen molar-refractivity contribution in [3.63, 3.8) is 0 Å². The van der Waals surface area contributed by atoms with E-state index in [2.05, 4.69) is 10.3 Å². The van der Waals surface area contributed by atoms with E-state index in [1.807, 2.05) is 0 Å². The fraction of sp³-hybridized carbons (Fsp3) is 0.474. The number of hydrogen-bond acceptors (Lipinski definition) is 7. The highest BCUT2D eigenvalue weighted by Crippen LogP contribution is 2.23. The first-order valence-electron chi connectivity index (χ1n) is 8.97. The van der Waals surface area contributed by atoms with Crippen molar-refractivity contribution < 1.29 is 24.0 Å². The first-order valence-corrected chi connectivity index (χ1v) is 8.97. The number of aromatic nitrogens is 2. The Morgan fingerprint density at radius 2 is 2.11 bits per heavy atom. The van der Waals surface area contributed by atoms with Crippen LogP contribution in [0.2, 0.25) is 0 Å². The zero-order valence-electron chi connectivity index (χ0n) is 16.4. The van der Waals surface area contributed by atoms with Gasteiger partial charge in [-0.3, -0.25) is 9.78 Å². The Morgan fingerprint density at radius 3 is 2.79 bits per heavy atom. The maximum Gasteiger partial charge on any atom is 0.338 e. The van der Waals surface area contributed by atoms with Gasteiger partial charge in [-0.1, -0.05) is 0 Å². The number of piperazine rings is 1. The molecule has 2 aromatic heterocycles. The first kappa shape index (κ1) is 19.8. The van der Waals surface area contributed by atoms with Gasteiger partial charge in [0.25, 0.3) is 0 Å². The number of rotatable bonds is 4. The molecule has 0 aromatic carbocycles. The Kier molecular flexibility index (Phi) is 5.37. The Morgan fingerprint density at radius 1 is 1.36 bits per heavy atom. The summed E-state index contributed by atoms with van der Waals surface area (Å²) in [5.41, 5.74) is 0.505. The minimum atomic E-state index is -0.755. The van der Waals surface area contributed by atoms with Gasteiger partial charge in [0, 0.05) is 24.3 Å². The Balaban J connectivity index is 1.99. The van der Waals surface area contributed by atoms with E-state index in [1.54, 1.807) is 45.3 Å². The average Bonchev–Trinajstić information content (AvgIpc) is 2.99. The van der Waals surface area contributed by atoms with Crippen molar-refractivity contribution in [3.05, 3.63) is 30.2 Å².